The van der Waals surface area contributed by atoms with Crippen LogP contribution in [0.2, 0.25) is 10.0 Å². The van der Waals surface area contributed by atoms with Crippen LogP contribution in [0.1, 0.15) is 18.9 Å². The lowest BCUT2D eigenvalue weighted by atomic mass is 10.3. The van der Waals surface area contributed by atoms with E-state index in [0.29, 0.717) is 27.5 Å². The zero-order valence-electron chi connectivity index (χ0n) is 11.5. The zero-order chi connectivity index (χ0) is 15.5. The summed E-state index contributed by atoms with van der Waals surface area (Å²) in [7, 11) is 0. The Balaban J connectivity index is 1.80. The molecule has 1 atom stereocenters. The van der Waals surface area contributed by atoms with Crippen molar-refractivity contribution in [3.8, 4) is 17.1 Å². The van der Waals surface area contributed by atoms with Gasteiger partial charge in [0.15, 0.2) is 6.10 Å². The van der Waals surface area contributed by atoms with E-state index in [1.165, 1.54) is 0 Å². The Hall–Kier alpha value is -2.11. The van der Waals surface area contributed by atoms with Crippen molar-refractivity contribution in [2.75, 3.05) is 0 Å². The van der Waals surface area contributed by atoms with Crippen LogP contribution in [0.3, 0.4) is 0 Å². The molecule has 0 spiro atoms. The maximum atomic E-state index is 6.07. The highest BCUT2D eigenvalue weighted by Gasteiger charge is 2.18. The summed E-state index contributed by atoms with van der Waals surface area (Å²) in [5.74, 6) is 1.26. The molecule has 0 bridgehead atoms. The van der Waals surface area contributed by atoms with Gasteiger partial charge >= 0.3 is 0 Å². The van der Waals surface area contributed by atoms with Gasteiger partial charge in [-0.05, 0) is 31.2 Å². The second-order valence-corrected chi connectivity index (χ2v) is 5.38. The van der Waals surface area contributed by atoms with Crippen LogP contribution in [0.25, 0.3) is 11.4 Å². The SMILES string of the molecule is CC(Oc1cc(Cl)ccc1Cl)c1nc(-c2cccnc2)no1. The number of halogens is 2. The maximum Gasteiger partial charge on any atom is 0.267 e. The van der Waals surface area contributed by atoms with Crippen LogP contribution in [-0.4, -0.2) is 15.1 Å². The molecule has 0 aliphatic carbocycles. The van der Waals surface area contributed by atoms with Crippen molar-refractivity contribution in [2.45, 2.75) is 13.0 Å². The number of benzene rings is 1. The molecule has 0 radical (unpaired) electrons. The lowest BCUT2D eigenvalue weighted by Gasteiger charge is -2.12. The molecule has 5 nitrogen and oxygen atoms in total. The van der Waals surface area contributed by atoms with Crippen molar-refractivity contribution < 1.29 is 9.26 Å². The van der Waals surface area contributed by atoms with Gasteiger partial charge in [-0.3, -0.25) is 4.98 Å². The monoisotopic (exact) mass is 335 g/mol. The van der Waals surface area contributed by atoms with E-state index in [-0.39, 0.29) is 0 Å². The fraction of sp³-hybridized carbons (Fsp3) is 0.133. The molecule has 0 aliphatic heterocycles. The van der Waals surface area contributed by atoms with E-state index >= 15 is 0 Å². The molecule has 3 rings (SSSR count). The molecule has 0 saturated carbocycles. The number of aromatic nitrogens is 3. The first kappa shape index (κ1) is 14.8. The summed E-state index contributed by atoms with van der Waals surface area (Å²) in [6.45, 7) is 1.79. The Morgan fingerprint density at radius 2 is 2.09 bits per heavy atom. The van der Waals surface area contributed by atoms with Gasteiger partial charge in [-0.15, -0.1) is 0 Å². The summed E-state index contributed by atoms with van der Waals surface area (Å²) >= 11 is 12.0. The third-order valence-corrected chi connectivity index (χ3v) is 3.45. The van der Waals surface area contributed by atoms with E-state index in [4.69, 9.17) is 32.5 Å². The third kappa shape index (κ3) is 3.21. The van der Waals surface area contributed by atoms with Crippen LogP contribution < -0.4 is 4.74 Å². The first-order chi connectivity index (χ1) is 10.6. The summed E-state index contributed by atoms with van der Waals surface area (Å²) in [4.78, 5) is 8.33. The van der Waals surface area contributed by atoms with Crippen LogP contribution in [0.4, 0.5) is 0 Å². The van der Waals surface area contributed by atoms with Gasteiger partial charge in [0.2, 0.25) is 5.82 Å². The van der Waals surface area contributed by atoms with E-state index in [9.17, 15) is 0 Å². The Labute approximate surface area is 136 Å². The smallest absolute Gasteiger partial charge is 0.267 e. The average Bonchev–Trinajstić information content (AvgIpc) is 3.02. The third-order valence-electron chi connectivity index (χ3n) is 2.91. The number of ether oxygens (including phenoxy) is 1. The molecule has 0 fully saturated rings. The first-order valence-corrected chi connectivity index (χ1v) is 7.25. The normalized spacial score (nSPS) is 12.1. The molecule has 3 aromatic rings. The number of pyridine rings is 1. The Morgan fingerprint density at radius 1 is 1.23 bits per heavy atom. The van der Waals surface area contributed by atoms with Crippen molar-refractivity contribution in [2.24, 2.45) is 0 Å². The fourth-order valence-electron chi connectivity index (χ4n) is 1.82. The topological polar surface area (TPSA) is 61.0 Å². The number of rotatable bonds is 4. The van der Waals surface area contributed by atoms with Crippen LogP contribution in [0.15, 0.2) is 47.2 Å². The summed E-state index contributed by atoms with van der Waals surface area (Å²) in [6, 6.07) is 8.65. The summed E-state index contributed by atoms with van der Waals surface area (Å²) < 4.78 is 11.0. The maximum absolute atomic E-state index is 6.07. The number of hydrogen-bond acceptors (Lipinski definition) is 5. The second-order valence-electron chi connectivity index (χ2n) is 4.53. The minimum Gasteiger partial charge on any atom is -0.479 e. The molecule has 1 aromatic carbocycles. The highest BCUT2D eigenvalue weighted by molar-refractivity contribution is 6.34. The van der Waals surface area contributed by atoms with Gasteiger partial charge in [0.05, 0.1) is 5.02 Å². The van der Waals surface area contributed by atoms with Crippen molar-refractivity contribution in [3.63, 3.8) is 0 Å². The lowest BCUT2D eigenvalue weighted by Crippen LogP contribution is -2.04. The minimum absolute atomic E-state index is 0.342. The molecule has 22 heavy (non-hydrogen) atoms. The van der Waals surface area contributed by atoms with Crippen molar-refractivity contribution in [3.05, 3.63) is 58.7 Å². The number of nitrogens with zero attached hydrogens (tertiary/aromatic N) is 3. The Morgan fingerprint density at radius 3 is 2.86 bits per heavy atom. The van der Waals surface area contributed by atoms with E-state index in [1.807, 2.05) is 6.07 Å². The number of hydrogen-bond donors (Lipinski definition) is 0. The molecule has 7 heteroatoms. The van der Waals surface area contributed by atoms with Gasteiger partial charge < -0.3 is 9.26 Å². The van der Waals surface area contributed by atoms with E-state index < -0.39 is 6.10 Å². The van der Waals surface area contributed by atoms with Crippen LogP contribution in [0, 0.1) is 0 Å². The molecule has 1 unspecified atom stereocenters. The fourth-order valence-corrected chi connectivity index (χ4v) is 2.15. The minimum atomic E-state index is -0.464. The van der Waals surface area contributed by atoms with Crippen molar-refractivity contribution in [1.29, 1.82) is 0 Å². The highest BCUT2D eigenvalue weighted by Crippen LogP contribution is 2.31. The predicted octanol–water partition coefficient (Wildman–Crippen LogP) is 4.58. The molecule has 2 heterocycles. The van der Waals surface area contributed by atoms with Gasteiger partial charge in [-0.2, -0.15) is 4.98 Å². The van der Waals surface area contributed by atoms with Gasteiger partial charge in [0.1, 0.15) is 5.75 Å². The molecular weight excluding hydrogens is 325 g/mol. The Bertz CT molecular complexity index is 777. The van der Waals surface area contributed by atoms with E-state index in [0.717, 1.165) is 5.56 Å². The van der Waals surface area contributed by atoms with Crippen molar-refractivity contribution >= 4 is 23.2 Å². The van der Waals surface area contributed by atoms with Crippen LogP contribution in [-0.2, 0) is 0 Å². The van der Waals surface area contributed by atoms with E-state index in [2.05, 4.69) is 15.1 Å². The van der Waals surface area contributed by atoms with Gasteiger partial charge in [-0.1, -0.05) is 28.4 Å². The van der Waals surface area contributed by atoms with E-state index in [1.54, 1.807) is 43.6 Å². The lowest BCUT2D eigenvalue weighted by molar-refractivity contribution is 0.176. The zero-order valence-corrected chi connectivity index (χ0v) is 13.0. The van der Waals surface area contributed by atoms with Crippen LogP contribution in [0.5, 0.6) is 5.75 Å². The molecule has 0 amide bonds. The molecule has 112 valence electrons. The molecular formula is C15H11Cl2N3O2. The average molecular weight is 336 g/mol. The van der Waals surface area contributed by atoms with Gasteiger partial charge in [-0.25, -0.2) is 0 Å². The summed E-state index contributed by atoms with van der Waals surface area (Å²) in [6.07, 6.45) is 2.87. The molecule has 0 N–H and O–H groups in total. The molecule has 2 aromatic heterocycles. The van der Waals surface area contributed by atoms with Crippen LogP contribution >= 0.6 is 23.2 Å². The molecule has 0 saturated heterocycles. The molecule has 0 aliphatic rings. The summed E-state index contributed by atoms with van der Waals surface area (Å²) in [5, 5.41) is 4.92. The largest absolute Gasteiger partial charge is 0.479 e. The Kier molecular flexibility index (Phi) is 4.27. The highest BCUT2D eigenvalue weighted by atomic mass is 35.5. The van der Waals surface area contributed by atoms with Crippen molar-refractivity contribution in [1.82, 2.24) is 15.1 Å². The summed E-state index contributed by atoms with van der Waals surface area (Å²) in [5.41, 5.74) is 0.769. The second kappa shape index (κ2) is 6.34. The van der Waals surface area contributed by atoms with Gasteiger partial charge in [0, 0.05) is 29.0 Å². The van der Waals surface area contributed by atoms with Gasteiger partial charge in [0.25, 0.3) is 5.89 Å². The quantitative estimate of drug-likeness (QED) is 0.698. The standard InChI is InChI=1S/C15H11Cl2N3O2/c1-9(21-13-7-11(16)4-5-12(13)17)15-19-14(20-22-15)10-3-2-6-18-8-10/h2-9H,1H3. The predicted molar refractivity (Wildman–Crippen MR) is 83.0 cm³/mol. The first-order valence-electron chi connectivity index (χ1n) is 6.49.